The van der Waals surface area contributed by atoms with Crippen molar-refractivity contribution in [3.05, 3.63) is 76.2 Å². The van der Waals surface area contributed by atoms with Gasteiger partial charge in [-0.3, -0.25) is 4.79 Å². The van der Waals surface area contributed by atoms with Crippen LogP contribution in [0.15, 0.2) is 56.9 Å². The number of methoxy groups -OCH3 is 1. The third kappa shape index (κ3) is 5.17. The van der Waals surface area contributed by atoms with E-state index in [0.29, 0.717) is 28.2 Å². The molecular weight excluding hydrogens is 432 g/mol. The lowest BCUT2D eigenvalue weighted by Crippen LogP contribution is -2.17. The van der Waals surface area contributed by atoms with Crippen molar-refractivity contribution in [3.63, 3.8) is 0 Å². The van der Waals surface area contributed by atoms with Crippen LogP contribution in [0.3, 0.4) is 0 Å². The van der Waals surface area contributed by atoms with E-state index in [-0.39, 0.29) is 16.4 Å². The van der Waals surface area contributed by atoms with Gasteiger partial charge in [0.25, 0.3) is 5.91 Å². The Morgan fingerprint density at radius 3 is 2.44 bits per heavy atom. The minimum atomic E-state index is -4.05. The first-order valence-corrected chi connectivity index (χ1v) is 11.1. The van der Waals surface area contributed by atoms with Crippen LogP contribution in [0.1, 0.15) is 38.6 Å². The molecule has 1 aromatic heterocycles. The fourth-order valence-corrected chi connectivity index (χ4v) is 4.31. The average Bonchev–Trinajstić information content (AvgIpc) is 3.08. The summed E-state index contributed by atoms with van der Waals surface area (Å²) in [5.74, 6) is 0.980. The number of amides is 1. The van der Waals surface area contributed by atoms with Gasteiger partial charge in [0, 0.05) is 0 Å². The van der Waals surface area contributed by atoms with Crippen molar-refractivity contribution in [2.75, 3.05) is 7.11 Å². The average molecular weight is 457 g/mol. The second-order valence-electron chi connectivity index (χ2n) is 7.24. The van der Waals surface area contributed by atoms with Gasteiger partial charge in [0.2, 0.25) is 0 Å². The summed E-state index contributed by atoms with van der Waals surface area (Å²) in [6.45, 7) is 6.96. The van der Waals surface area contributed by atoms with E-state index in [0.717, 1.165) is 5.56 Å². The van der Waals surface area contributed by atoms with Crippen LogP contribution >= 0.6 is 0 Å². The number of hydrazone groups is 1. The van der Waals surface area contributed by atoms with Crippen LogP contribution in [0, 0.1) is 27.7 Å². The zero-order valence-electron chi connectivity index (χ0n) is 18.4. The summed E-state index contributed by atoms with van der Waals surface area (Å²) in [7, 11) is -2.65. The Kier molecular flexibility index (Phi) is 6.69. The molecule has 2 aromatic carbocycles. The molecule has 32 heavy (non-hydrogen) atoms. The standard InChI is InChI=1S/C23H24N2O6S/c1-14-6-7-15(2)22(10-14)32(27,28)31-20-9-8-18(12-21(20)29-5)13-24-25-23(26)19-11-16(3)30-17(19)4/h6-13H,1-5H3,(H,25,26). The van der Waals surface area contributed by atoms with Crippen LogP contribution in [-0.2, 0) is 10.1 Å². The number of nitrogens with zero attached hydrogens (tertiary/aromatic N) is 1. The van der Waals surface area contributed by atoms with Gasteiger partial charge in [-0.25, -0.2) is 5.43 Å². The van der Waals surface area contributed by atoms with Crippen molar-refractivity contribution < 1.29 is 26.5 Å². The van der Waals surface area contributed by atoms with Crippen molar-refractivity contribution >= 4 is 22.2 Å². The molecule has 168 valence electrons. The maximum absolute atomic E-state index is 12.8. The number of aryl methyl sites for hydroxylation is 4. The van der Waals surface area contributed by atoms with Gasteiger partial charge in [0.1, 0.15) is 16.4 Å². The van der Waals surface area contributed by atoms with E-state index in [1.807, 2.05) is 6.07 Å². The van der Waals surface area contributed by atoms with Crippen LogP contribution < -0.4 is 14.3 Å². The highest BCUT2D eigenvalue weighted by atomic mass is 32.2. The number of benzene rings is 2. The molecule has 0 spiro atoms. The van der Waals surface area contributed by atoms with Gasteiger partial charge in [-0.1, -0.05) is 12.1 Å². The Labute approximate surface area is 187 Å². The van der Waals surface area contributed by atoms with Crippen LogP contribution in [0.2, 0.25) is 0 Å². The molecule has 1 amide bonds. The first-order chi connectivity index (χ1) is 15.1. The second-order valence-corrected chi connectivity index (χ2v) is 8.76. The molecule has 8 nitrogen and oxygen atoms in total. The molecule has 0 aliphatic rings. The number of carbonyl (C=O) groups is 1. The Balaban J connectivity index is 1.77. The molecular formula is C23H24N2O6S. The van der Waals surface area contributed by atoms with Gasteiger partial charge < -0.3 is 13.3 Å². The number of ether oxygens (including phenoxy) is 1. The summed E-state index contributed by atoms with van der Waals surface area (Å²) in [4.78, 5) is 12.3. The molecule has 3 rings (SSSR count). The number of nitrogens with one attached hydrogen (secondary N) is 1. The Morgan fingerprint density at radius 2 is 1.78 bits per heavy atom. The maximum atomic E-state index is 12.8. The number of hydrogen-bond donors (Lipinski definition) is 1. The molecule has 0 aliphatic heterocycles. The highest BCUT2D eigenvalue weighted by molar-refractivity contribution is 7.87. The largest absolute Gasteiger partial charge is 0.493 e. The number of hydrogen-bond acceptors (Lipinski definition) is 7. The van der Waals surface area contributed by atoms with E-state index in [4.69, 9.17) is 13.3 Å². The third-order valence-electron chi connectivity index (χ3n) is 4.67. The molecule has 0 aliphatic carbocycles. The van der Waals surface area contributed by atoms with Crippen molar-refractivity contribution in [2.24, 2.45) is 5.10 Å². The minimum absolute atomic E-state index is 0.0408. The van der Waals surface area contributed by atoms with Crippen molar-refractivity contribution in [1.29, 1.82) is 0 Å². The van der Waals surface area contributed by atoms with E-state index in [2.05, 4.69) is 10.5 Å². The first-order valence-electron chi connectivity index (χ1n) is 9.71. The Hall–Kier alpha value is -3.59. The predicted molar refractivity (Wildman–Crippen MR) is 120 cm³/mol. The van der Waals surface area contributed by atoms with Gasteiger partial charge in [0.05, 0.1) is 18.9 Å². The summed E-state index contributed by atoms with van der Waals surface area (Å²) in [6.07, 6.45) is 1.41. The van der Waals surface area contributed by atoms with Gasteiger partial charge in [-0.2, -0.15) is 13.5 Å². The summed E-state index contributed by atoms with van der Waals surface area (Å²) in [5.41, 5.74) is 4.78. The summed E-state index contributed by atoms with van der Waals surface area (Å²) in [6, 6.07) is 11.4. The zero-order valence-corrected chi connectivity index (χ0v) is 19.2. The Bertz CT molecular complexity index is 1290. The smallest absolute Gasteiger partial charge is 0.339 e. The van der Waals surface area contributed by atoms with Gasteiger partial charge in [0.15, 0.2) is 11.5 Å². The van der Waals surface area contributed by atoms with Crippen LogP contribution in [-0.4, -0.2) is 27.6 Å². The lowest BCUT2D eigenvalue weighted by atomic mass is 10.2. The second kappa shape index (κ2) is 9.27. The Morgan fingerprint density at radius 1 is 1.03 bits per heavy atom. The first kappa shape index (κ1) is 23.1. The van der Waals surface area contributed by atoms with Crippen LogP contribution in [0.4, 0.5) is 0 Å². The molecule has 0 atom stereocenters. The fraction of sp³-hybridized carbons (Fsp3) is 0.217. The van der Waals surface area contributed by atoms with Crippen molar-refractivity contribution in [1.82, 2.24) is 5.43 Å². The SMILES string of the molecule is COc1cc(C=NNC(=O)c2cc(C)oc2C)ccc1OS(=O)(=O)c1cc(C)ccc1C. The topological polar surface area (TPSA) is 107 Å². The fourth-order valence-electron chi connectivity index (χ4n) is 3.05. The monoisotopic (exact) mass is 456 g/mol. The lowest BCUT2D eigenvalue weighted by Gasteiger charge is -2.13. The van der Waals surface area contributed by atoms with Crippen LogP contribution in [0.5, 0.6) is 11.5 Å². The molecule has 3 aromatic rings. The van der Waals surface area contributed by atoms with Crippen LogP contribution in [0.25, 0.3) is 0 Å². The number of rotatable bonds is 7. The summed E-state index contributed by atoms with van der Waals surface area (Å²) in [5, 5.41) is 3.94. The zero-order chi connectivity index (χ0) is 23.5. The minimum Gasteiger partial charge on any atom is -0.493 e. The van der Waals surface area contributed by atoms with Gasteiger partial charge in [-0.05, 0) is 74.7 Å². The van der Waals surface area contributed by atoms with E-state index in [1.54, 1.807) is 58.0 Å². The van der Waals surface area contributed by atoms with E-state index >= 15 is 0 Å². The number of furan rings is 1. The predicted octanol–water partition coefficient (Wildman–Crippen LogP) is 4.05. The van der Waals surface area contributed by atoms with Gasteiger partial charge >= 0.3 is 10.1 Å². The molecule has 0 saturated carbocycles. The molecule has 0 bridgehead atoms. The van der Waals surface area contributed by atoms with Crippen molar-refractivity contribution in [2.45, 2.75) is 32.6 Å². The highest BCUT2D eigenvalue weighted by Gasteiger charge is 2.21. The van der Waals surface area contributed by atoms with Crippen molar-refractivity contribution in [3.8, 4) is 11.5 Å². The molecule has 0 fully saturated rings. The summed E-state index contributed by atoms with van der Waals surface area (Å²) >= 11 is 0. The van der Waals surface area contributed by atoms with E-state index < -0.39 is 16.0 Å². The summed E-state index contributed by atoms with van der Waals surface area (Å²) < 4.78 is 41.5. The molecule has 0 unspecified atom stereocenters. The van der Waals surface area contributed by atoms with E-state index in [1.165, 1.54) is 19.4 Å². The lowest BCUT2D eigenvalue weighted by molar-refractivity contribution is 0.0953. The molecule has 1 heterocycles. The molecule has 0 radical (unpaired) electrons. The normalized spacial score (nSPS) is 11.5. The highest BCUT2D eigenvalue weighted by Crippen LogP contribution is 2.31. The maximum Gasteiger partial charge on any atom is 0.339 e. The molecule has 1 N–H and O–H groups in total. The quantitative estimate of drug-likeness (QED) is 0.326. The van der Waals surface area contributed by atoms with Gasteiger partial charge in [-0.15, -0.1) is 0 Å². The molecule has 0 saturated heterocycles. The third-order valence-corrected chi connectivity index (χ3v) is 6.04. The number of carbonyl (C=O) groups excluding carboxylic acids is 1. The molecule has 9 heteroatoms. The van der Waals surface area contributed by atoms with E-state index in [9.17, 15) is 13.2 Å².